The van der Waals surface area contributed by atoms with Crippen molar-refractivity contribution in [3.63, 3.8) is 0 Å². The molecule has 1 aliphatic carbocycles. The number of rotatable bonds is 3. The van der Waals surface area contributed by atoms with E-state index in [9.17, 15) is 10.1 Å². The fourth-order valence-corrected chi connectivity index (χ4v) is 4.27. The van der Waals surface area contributed by atoms with Gasteiger partial charge < -0.3 is 9.84 Å². The number of fused-ring (bicyclic) bond motifs is 1. The second-order valence-corrected chi connectivity index (χ2v) is 7.25. The summed E-state index contributed by atoms with van der Waals surface area (Å²) in [7, 11) is 0. The predicted octanol–water partition coefficient (Wildman–Crippen LogP) is 4.67. The minimum atomic E-state index is -0.389. The average Bonchev–Trinajstić information content (AvgIpc) is 3.30. The molecule has 1 N–H and O–H groups in total. The van der Waals surface area contributed by atoms with Gasteiger partial charge >= 0.3 is 0 Å². The molecule has 2 aromatic heterocycles. The molecule has 0 fully saturated rings. The Hall–Kier alpha value is -2.62. The van der Waals surface area contributed by atoms with Crippen LogP contribution in [0.3, 0.4) is 0 Å². The van der Waals surface area contributed by atoms with Gasteiger partial charge in [0.15, 0.2) is 11.5 Å². The van der Waals surface area contributed by atoms with Crippen LogP contribution >= 0.6 is 22.9 Å². The summed E-state index contributed by atoms with van der Waals surface area (Å²) in [6, 6.07) is 10.9. The summed E-state index contributed by atoms with van der Waals surface area (Å²) in [4.78, 5) is 13.6. The van der Waals surface area contributed by atoms with Crippen molar-refractivity contribution in [1.82, 2.24) is 5.16 Å². The standard InChI is InChI=1S/C18H12ClN3O2S/c19-11-6-4-10(5-7-11)15-8-14(22-24-15)17(23)21-18-13(9-20)12-2-1-3-16(12)25-18/h4-8H,1-3H2,(H,21,23). The van der Waals surface area contributed by atoms with Crippen molar-refractivity contribution in [3.05, 3.63) is 57.1 Å². The number of carbonyl (C=O) groups excluding carboxylic acids is 1. The van der Waals surface area contributed by atoms with Gasteiger partial charge in [0.25, 0.3) is 5.91 Å². The van der Waals surface area contributed by atoms with E-state index in [-0.39, 0.29) is 11.6 Å². The molecule has 0 bridgehead atoms. The number of thiophene rings is 1. The Morgan fingerprint density at radius 1 is 1.32 bits per heavy atom. The van der Waals surface area contributed by atoms with E-state index < -0.39 is 0 Å². The third-order valence-electron chi connectivity index (χ3n) is 4.13. The Kier molecular flexibility index (Phi) is 4.04. The van der Waals surface area contributed by atoms with Gasteiger partial charge in [-0.3, -0.25) is 4.79 Å². The summed E-state index contributed by atoms with van der Waals surface area (Å²) >= 11 is 7.34. The summed E-state index contributed by atoms with van der Waals surface area (Å²) < 4.78 is 5.25. The summed E-state index contributed by atoms with van der Waals surface area (Å²) in [5.41, 5.74) is 2.60. The van der Waals surface area contributed by atoms with Crippen LogP contribution in [-0.4, -0.2) is 11.1 Å². The second kappa shape index (κ2) is 6.36. The number of nitrogens with zero attached hydrogens (tertiary/aromatic N) is 2. The highest BCUT2D eigenvalue weighted by Gasteiger charge is 2.24. The molecule has 0 saturated carbocycles. The number of halogens is 1. The van der Waals surface area contributed by atoms with Crippen molar-refractivity contribution in [2.75, 3.05) is 5.32 Å². The smallest absolute Gasteiger partial charge is 0.278 e. The molecule has 0 saturated heterocycles. The highest BCUT2D eigenvalue weighted by atomic mass is 35.5. The minimum absolute atomic E-state index is 0.169. The second-order valence-electron chi connectivity index (χ2n) is 5.71. The summed E-state index contributed by atoms with van der Waals surface area (Å²) in [5, 5.41) is 17.2. The molecule has 0 unspecified atom stereocenters. The molecule has 1 amide bonds. The Bertz CT molecular complexity index is 998. The molecule has 0 aliphatic heterocycles. The molecule has 124 valence electrons. The van der Waals surface area contributed by atoms with Crippen molar-refractivity contribution in [3.8, 4) is 17.4 Å². The lowest BCUT2D eigenvalue weighted by Gasteiger charge is -2.00. The van der Waals surface area contributed by atoms with Crippen LogP contribution in [0, 0.1) is 11.3 Å². The van der Waals surface area contributed by atoms with E-state index in [0.717, 1.165) is 30.4 Å². The van der Waals surface area contributed by atoms with Crippen LogP contribution in [-0.2, 0) is 12.8 Å². The van der Waals surface area contributed by atoms with Crippen LogP contribution in [0.1, 0.15) is 32.9 Å². The zero-order chi connectivity index (χ0) is 17.4. The van der Waals surface area contributed by atoms with Gasteiger partial charge in [-0.05, 0) is 49.1 Å². The van der Waals surface area contributed by atoms with Crippen LogP contribution in [0.25, 0.3) is 11.3 Å². The minimum Gasteiger partial charge on any atom is -0.355 e. The third-order valence-corrected chi connectivity index (χ3v) is 5.59. The van der Waals surface area contributed by atoms with Crippen LogP contribution in [0.2, 0.25) is 5.02 Å². The van der Waals surface area contributed by atoms with Crippen LogP contribution in [0.4, 0.5) is 5.00 Å². The van der Waals surface area contributed by atoms with E-state index in [2.05, 4.69) is 16.5 Å². The van der Waals surface area contributed by atoms with E-state index in [4.69, 9.17) is 16.1 Å². The van der Waals surface area contributed by atoms with Gasteiger partial charge in [-0.25, -0.2) is 0 Å². The van der Waals surface area contributed by atoms with Gasteiger partial charge in [0.05, 0.1) is 5.56 Å². The molecule has 7 heteroatoms. The number of aryl methyl sites for hydroxylation is 1. The average molecular weight is 370 g/mol. The highest BCUT2D eigenvalue weighted by Crippen LogP contribution is 2.38. The molecule has 1 aromatic carbocycles. The lowest BCUT2D eigenvalue weighted by molar-refractivity contribution is 0.101. The van der Waals surface area contributed by atoms with Crippen molar-refractivity contribution in [2.45, 2.75) is 19.3 Å². The first-order valence-electron chi connectivity index (χ1n) is 7.74. The van der Waals surface area contributed by atoms with Crippen molar-refractivity contribution >= 4 is 33.8 Å². The van der Waals surface area contributed by atoms with Crippen molar-refractivity contribution in [2.24, 2.45) is 0 Å². The number of amides is 1. The number of hydrogen-bond donors (Lipinski definition) is 1. The molecular formula is C18H12ClN3O2S. The molecule has 5 nitrogen and oxygen atoms in total. The monoisotopic (exact) mass is 369 g/mol. The van der Waals surface area contributed by atoms with Gasteiger partial charge in [0.2, 0.25) is 0 Å². The van der Waals surface area contributed by atoms with E-state index in [1.54, 1.807) is 30.3 Å². The molecule has 3 aromatic rings. The fraction of sp³-hybridized carbons (Fsp3) is 0.167. The number of aromatic nitrogens is 1. The number of anilines is 1. The molecule has 2 heterocycles. The fourth-order valence-electron chi connectivity index (χ4n) is 2.91. The van der Waals surface area contributed by atoms with Gasteiger partial charge in [0, 0.05) is 21.5 Å². The Morgan fingerprint density at radius 2 is 2.12 bits per heavy atom. The summed E-state index contributed by atoms with van der Waals surface area (Å²) in [5.74, 6) is 0.0939. The normalized spacial score (nSPS) is 12.6. The number of hydrogen-bond acceptors (Lipinski definition) is 5. The maximum atomic E-state index is 12.5. The molecule has 1 aliphatic rings. The van der Waals surface area contributed by atoms with Crippen molar-refractivity contribution in [1.29, 1.82) is 5.26 Å². The van der Waals surface area contributed by atoms with E-state index in [0.29, 0.717) is 21.3 Å². The van der Waals surface area contributed by atoms with E-state index in [1.807, 2.05) is 0 Å². The topological polar surface area (TPSA) is 78.9 Å². The SMILES string of the molecule is N#Cc1c(NC(=O)c2cc(-c3ccc(Cl)cc3)on2)sc2c1CCC2. The largest absolute Gasteiger partial charge is 0.355 e. The van der Waals surface area contributed by atoms with E-state index >= 15 is 0 Å². The maximum Gasteiger partial charge on any atom is 0.278 e. The first-order valence-corrected chi connectivity index (χ1v) is 8.94. The Balaban J connectivity index is 1.57. The lowest BCUT2D eigenvalue weighted by atomic mass is 10.1. The van der Waals surface area contributed by atoms with Crippen molar-refractivity contribution < 1.29 is 9.32 Å². The molecule has 25 heavy (non-hydrogen) atoms. The first kappa shape index (κ1) is 15.9. The number of benzene rings is 1. The zero-order valence-electron chi connectivity index (χ0n) is 13.0. The number of nitriles is 1. The van der Waals surface area contributed by atoms with Gasteiger partial charge in [-0.2, -0.15) is 5.26 Å². The van der Waals surface area contributed by atoms with Gasteiger partial charge in [-0.15, -0.1) is 11.3 Å². The maximum absolute atomic E-state index is 12.5. The molecule has 4 rings (SSSR count). The molecular weight excluding hydrogens is 358 g/mol. The lowest BCUT2D eigenvalue weighted by Crippen LogP contribution is -2.12. The van der Waals surface area contributed by atoms with Crippen LogP contribution in [0.15, 0.2) is 34.9 Å². The molecule has 0 atom stereocenters. The first-order chi connectivity index (χ1) is 12.2. The number of nitrogens with one attached hydrogen (secondary N) is 1. The predicted molar refractivity (Wildman–Crippen MR) is 96.0 cm³/mol. The Labute approximate surface area is 152 Å². The van der Waals surface area contributed by atoms with Gasteiger partial charge in [-0.1, -0.05) is 16.8 Å². The third kappa shape index (κ3) is 2.93. The molecule has 0 spiro atoms. The highest BCUT2D eigenvalue weighted by molar-refractivity contribution is 7.16. The van der Waals surface area contributed by atoms with E-state index in [1.165, 1.54) is 16.2 Å². The zero-order valence-corrected chi connectivity index (χ0v) is 14.6. The number of carbonyl (C=O) groups is 1. The van der Waals surface area contributed by atoms with Crippen LogP contribution < -0.4 is 5.32 Å². The molecule has 0 radical (unpaired) electrons. The van der Waals surface area contributed by atoms with Gasteiger partial charge in [0.1, 0.15) is 11.1 Å². The summed E-state index contributed by atoms with van der Waals surface area (Å²) in [6.45, 7) is 0. The Morgan fingerprint density at radius 3 is 2.88 bits per heavy atom. The van der Waals surface area contributed by atoms with Crippen LogP contribution in [0.5, 0.6) is 0 Å². The summed E-state index contributed by atoms with van der Waals surface area (Å²) in [6.07, 6.45) is 2.93. The quantitative estimate of drug-likeness (QED) is 0.727.